The van der Waals surface area contributed by atoms with E-state index in [9.17, 15) is 5.26 Å². The Morgan fingerprint density at radius 3 is 1.49 bits per heavy atom. The number of hydrogen-bond donors (Lipinski definition) is 0. The zero-order chi connectivity index (χ0) is 36.6. The molecule has 11 rings (SSSR count). The first-order valence-electron chi connectivity index (χ1n) is 18.3. The monoisotopic (exact) mass is 699 g/mol. The molecule has 0 atom stereocenters. The molecule has 0 saturated heterocycles. The molecule has 0 aliphatic rings. The Balaban J connectivity index is 1.10. The van der Waals surface area contributed by atoms with E-state index in [1.165, 1.54) is 27.2 Å². The maximum atomic E-state index is 10.1. The van der Waals surface area contributed by atoms with E-state index < -0.39 is 0 Å². The summed E-state index contributed by atoms with van der Waals surface area (Å²) in [4.78, 5) is 3.69. The van der Waals surface area contributed by atoms with Crippen LogP contribution in [0.15, 0.2) is 176 Å². The molecule has 0 radical (unpaired) electrons. The van der Waals surface area contributed by atoms with Crippen LogP contribution >= 0.6 is 0 Å². The second kappa shape index (κ2) is 11.8. The minimum Gasteiger partial charge on any atom is -0.309 e. The fourth-order valence-corrected chi connectivity index (χ4v) is 8.69. The van der Waals surface area contributed by atoms with Gasteiger partial charge in [0.05, 0.1) is 57.0 Å². The summed E-state index contributed by atoms with van der Waals surface area (Å²) in [6, 6.07) is 63.8. The molecule has 0 bridgehead atoms. The van der Waals surface area contributed by atoms with Crippen LogP contribution in [0.4, 0.5) is 5.69 Å². The van der Waals surface area contributed by atoms with Gasteiger partial charge in [0.2, 0.25) is 0 Å². The lowest BCUT2D eigenvalue weighted by Crippen LogP contribution is -1.99. The van der Waals surface area contributed by atoms with E-state index in [-0.39, 0.29) is 0 Å². The van der Waals surface area contributed by atoms with Gasteiger partial charge in [0.15, 0.2) is 5.69 Å². The number of fused-ring (bicyclic) bond motifs is 9. The Kier molecular flexibility index (Phi) is 6.61. The number of hydrogen-bond acceptors (Lipinski definition) is 1. The van der Waals surface area contributed by atoms with E-state index >= 15 is 0 Å². The summed E-state index contributed by atoms with van der Waals surface area (Å²) >= 11 is 0. The molecule has 3 heterocycles. The standard InChI is InChI=1S/C50H29N5/c1-52-34-21-26-49-42(29-34)39-12-4-8-16-46(39)53(49)35-22-19-33(20-23-35)41-28-32(31-51)18-25-48(41)55-47-17-9-5-13-40(47)43-30-36(24-27-50(43)55)54-44-14-6-2-10-37(44)38-11-3-7-15-45(38)54/h2-30H. The summed E-state index contributed by atoms with van der Waals surface area (Å²) in [5.41, 5.74) is 13.1. The van der Waals surface area contributed by atoms with E-state index in [0.717, 1.165) is 66.4 Å². The molecule has 0 saturated carbocycles. The van der Waals surface area contributed by atoms with Gasteiger partial charge in [-0.1, -0.05) is 91.0 Å². The third kappa shape index (κ3) is 4.51. The summed E-state index contributed by atoms with van der Waals surface area (Å²) in [7, 11) is 0. The molecule has 3 aromatic heterocycles. The van der Waals surface area contributed by atoms with E-state index in [4.69, 9.17) is 6.57 Å². The fourth-order valence-electron chi connectivity index (χ4n) is 8.69. The van der Waals surface area contributed by atoms with E-state index in [1.807, 2.05) is 36.4 Å². The average molecular weight is 700 g/mol. The highest BCUT2D eigenvalue weighted by Gasteiger charge is 2.19. The average Bonchev–Trinajstić information content (AvgIpc) is 3.89. The van der Waals surface area contributed by atoms with Crippen LogP contribution in [0, 0.1) is 17.9 Å². The quantitative estimate of drug-likeness (QED) is 0.169. The lowest BCUT2D eigenvalue weighted by molar-refractivity contribution is 1.16. The maximum Gasteiger partial charge on any atom is 0.188 e. The number of aromatic nitrogens is 3. The van der Waals surface area contributed by atoms with Crippen molar-refractivity contribution < 1.29 is 0 Å². The van der Waals surface area contributed by atoms with Crippen LogP contribution in [-0.4, -0.2) is 13.7 Å². The summed E-state index contributed by atoms with van der Waals surface area (Å²) in [5.74, 6) is 0. The molecule has 11 aromatic rings. The minimum absolute atomic E-state index is 0.607. The Morgan fingerprint density at radius 2 is 0.891 bits per heavy atom. The van der Waals surface area contributed by atoms with Gasteiger partial charge in [-0.15, -0.1) is 0 Å². The highest BCUT2D eigenvalue weighted by molar-refractivity contribution is 6.13. The smallest absolute Gasteiger partial charge is 0.188 e. The largest absolute Gasteiger partial charge is 0.309 e. The molecular formula is C50H29N5. The van der Waals surface area contributed by atoms with E-state index in [0.29, 0.717) is 11.3 Å². The number of nitriles is 1. The van der Waals surface area contributed by atoms with Gasteiger partial charge < -0.3 is 13.7 Å². The molecule has 0 unspecified atom stereocenters. The van der Waals surface area contributed by atoms with Crippen molar-refractivity contribution in [3.8, 4) is 34.3 Å². The third-order valence-corrected chi connectivity index (χ3v) is 11.1. The highest BCUT2D eigenvalue weighted by Crippen LogP contribution is 2.40. The molecule has 254 valence electrons. The molecule has 8 aromatic carbocycles. The lowest BCUT2D eigenvalue weighted by atomic mass is 10.00. The predicted octanol–water partition coefficient (Wildman–Crippen LogP) is 13.1. The zero-order valence-electron chi connectivity index (χ0n) is 29.5. The van der Waals surface area contributed by atoms with Crippen LogP contribution in [-0.2, 0) is 0 Å². The van der Waals surface area contributed by atoms with Gasteiger partial charge in [-0.3, -0.25) is 0 Å². The van der Waals surface area contributed by atoms with Gasteiger partial charge in [-0.05, 0) is 95.9 Å². The molecule has 0 spiro atoms. The van der Waals surface area contributed by atoms with Gasteiger partial charge >= 0.3 is 0 Å². The SMILES string of the molecule is [C-]#[N+]c1ccc2c(c1)c1ccccc1n2-c1ccc(-c2cc(C#N)ccc2-n2c3ccccc3c3cc(-n4c5ccccc5c5ccccc54)ccc32)cc1. The van der Waals surface area contributed by atoms with Crippen molar-refractivity contribution in [3.63, 3.8) is 0 Å². The van der Waals surface area contributed by atoms with Gasteiger partial charge in [-0.25, -0.2) is 4.85 Å². The van der Waals surface area contributed by atoms with Crippen molar-refractivity contribution in [3.05, 3.63) is 193 Å². The van der Waals surface area contributed by atoms with Crippen molar-refractivity contribution in [1.82, 2.24) is 13.7 Å². The Bertz CT molecular complexity index is 3400. The summed E-state index contributed by atoms with van der Waals surface area (Å²) in [5, 5.41) is 17.0. The summed E-state index contributed by atoms with van der Waals surface area (Å²) in [6.45, 7) is 7.58. The van der Waals surface area contributed by atoms with Gasteiger partial charge in [0, 0.05) is 43.9 Å². The normalized spacial score (nSPS) is 11.6. The maximum absolute atomic E-state index is 10.1. The van der Waals surface area contributed by atoms with E-state index in [1.54, 1.807) is 0 Å². The Hall–Kier alpha value is -7.86. The number of benzene rings is 8. The molecule has 0 N–H and O–H groups in total. The van der Waals surface area contributed by atoms with Crippen molar-refractivity contribution in [2.75, 3.05) is 0 Å². The van der Waals surface area contributed by atoms with Crippen LogP contribution < -0.4 is 0 Å². The van der Waals surface area contributed by atoms with Crippen molar-refractivity contribution in [2.24, 2.45) is 0 Å². The fraction of sp³-hybridized carbons (Fsp3) is 0. The molecule has 0 aliphatic heterocycles. The molecule has 0 fully saturated rings. The van der Waals surface area contributed by atoms with Gasteiger partial charge in [0.25, 0.3) is 0 Å². The molecule has 55 heavy (non-hydrogen) atoms. The van der Waals surface area contributed by atoms with Crippen molar-refractivity contribution in [1.29, 1.82) is 5.26 Å². The van der Waals surface area contributed by atoms with Crippen LogP contribution in [0.3, 0.4) is 0 Å². The first-order valence-corrected chi connectivity index (χ1v) is 18.3. The van der Waals surface area contributed by atoms with Crippen LogP contribution in [0.1, 0.15) is 5.56 Å². The van der Waals surface area contributed by atoms with E-state index in [2.05, 4.69) is 164 Å². The molecule has 0 aliphatic carbocycles. The van der Waals surface area contributed by atoms with Crippen LogP contribution in [0.2, 0.25) is 0 Å². The Labute approximate surface area is 316 Å². The number of para-hydroxylation sites is 4. The van der Waals surface area contributed by atoms with Gasteiger partial charge in [-0.2, -0.15) is 5.26 Å². The zero-order valence-corrected chi connectivity index (χ0v) is 29.5. The summed E-state index contributed by atoms with van der Waals surface area (Å²) < 4.78 is 6.97. The lowest BCUT2D eigenvalue weighted by Gasteiger charge is -2.16. The number of rotatable bonds is 4. The molecule has 5 nitrogen and oxygen atoms in total. The Morgan fingerprint density at radius 1 is 0.418 bits per heavy atom. The molecule has 5 heteroatoms. The van der Waals surface area contributed by atoms with Crippen molar-refractivity contribution >= 4 is 71.1 Å². The first kappa shape index (κ1) is 30.7. The molecular weight excluding hydrogens is 671 g/mol. The minimum atomic E-state index is 0.607. The number of nitrogens with zero attached hydrogens (tertiary/aromatic N) is 5. The predicted molar refractivity (Wildman–Crippen MR) is 226 cm³/mol. The second-order valence-corrected chi connectivity index (χ2v) is 14.0. The second-order valence-electron chi connectivity index (χ2n) is 14.0. The molecule has 0 amide bonds. The summed E-state index contributed by atoms with van der Waals surface area (Å²) in [6.07, 6.45) is 0. The topological polar surface area (TPSA) is 42.9 Å². The van der Waals surface area contributed by atoms with Gasteiger partial charge in [0.1, 0.15) is 0 Å². The first-order chi connectivity index (χ1) is 27.2. The van der Waals surface area contributed by atoms with Crippen LogP contribution in [0.25, 0.3) is 98.5 Å². The van der Waals surface area contributed by atoms with Crippen molar-refractivity contribution in [2.45, 2.75) is 0 Å². The van der Waals surface area contributed by atoms with Crippen LogP contribution in [0.5, 0.6) is 0 Å². The third-order valence-electron chi connectivity index (χ3n) is 11.1. The highest BCUT2D eigenvalue weighted by atomic mass is 15.0.